The molecule has 114 valence electrons. The first kappa shape index (κ1) is 14.3. The third kappa shape index (κ3) is 2.49. The van der Waals surface area contributed by atoms with Crippen LogP contribution in [0.15, 0.2) is 23.4 Å². The van der Waals surface area contributed by atoms with E-state index in [1.807, 2.05) is 16.9 Å². The van der Waals surface area contributed by atoms with Crippen molar-refractivity contribution in [2.24, 2.45) is 0 Å². The average molecular weight is 309 g/mol. The molecule has 0 atom stereocenters. The van der Waals surface area contributed by atoms with E-state index < -0.39 is 10.0 Å². The molecule has 0 unspecified atom stereocenters. The van der Waals surface area contributed by atoms with E-state index in [0.29, 0.717) is 29.4 Å². The zero-order chi connectivity index (χ0) is 15.0. The smallest absolute Gasteiger partial charge is 0.246 e. The molecule has 2 aromatic rings. The first-order valence-electron chi connectivity index (χ1n) is 7.01. The number of hydrogen-bond acceptors (Lipinski definition) is 4. The van der Waals surface area contributed by atoms with Gasteiger partial charge in [-0.15, -0.1) is 0 Å². The van der Waals surface area contributed by atoms with Crippen molar-refractivity contribution in [3.63, 3.8) is 0 Å². The minimum atomic E-state index is -3.46. The van der Waals surface area contributed by atoms with Gasteiger partial charge < -0.3 is 0 Å². The van der Waals surface area contributed by atoms with Crippen molar-refractivity contribution >= 4 is 10.0 Å². The van der Waals surface area contributed by atoms with Gasteiger partial charge in [-0.25, -0.2) is 8.42 Å². The molecule has 3 heterocycles. The summed E-state index contributed by atoms with van der Waals surface area (Å²) in [5, 5.41) is 11.0. The maximum atomic E-state index is 12.7. The molecule has 0 bridgehead atoms. The first-order chi connectivity index (χ1) is 10.00. The highest BCUT2D eigenvalue weighted by molar-refractivity contribution is 7.89. The van der Waals surface area contributed by atoms with E-state index in [1.54, 1.807) is 24.3 Å². The van der Waals surface area contributed by atoms with Gasteiger partial charge in [0.1, 0.15) is 4.90 Å². The van der Waals surface area contributed by atoms with Crippen LogP contribution in [0.1, 0.15) is 30.3 Å². The molecule has 0 radical (unpaired) electrons. The van der Waals surface area contributed by atoms with Crippen molar-refractivity contribution < 1.29 is 8.42 Å². The van der Waals surface area contributed by atoms with E-state index in [2.05, 4.69) is 15.3 Å². The Morgan fingerprint density at radius 3 is 2.52 bits per heavy atom. The largest absolute Gasteiger partial charge is 0.281 e. The lowest BCUT2D eigenvalue weighted by Crippen LogP contribution is -2.39. The Balaban J connectivity index is 1.77. The standard InChI is InChI=1S/C13H19N5O2S/c1-10-13(11(2)16-15-10)21(19,20)17-8-4-12(5-9-17)18-7-3-6-14-18/h3,6-7,12H,4-5,8-9H2,1-2H3,(H,15,16). The molecule has 1 N–H and O–H groups in total. The highest BCUT2D eigenvalue weighted by atomic mass is 32.2. The summed E-state index contributed by atoms with van der Waals surface area (Å²) < 4.78 is 28.9. The second-order valence-electron chi connectivity index (χ2n) is 5.38. The zero-order valence-electron chi connectivity index (χ0n) is 12.2. The molecule has 8 heteroatoms. The second-order valence-corrected chi connectivity index (χ2v) is 7.26. The number of piperidine rings is 1. The Kier molecular flexibility index (Phi) is 3.58. The van der Waals surface area contributed by atoms with Gasteiger partial charge in [0.2, 0.25) is 10.0 Å². The van der Waals surface area contributed by atoms with Crippen LogP contribution in [0.3, 0.4) is 0 Å². The number of hydrogen-bond donors (Lipinski definition) is 1. The lowest BCUT2D eigenvalue weighted by Gasteiger charge is -2.31. The van der Waals surface area contributed by atoms with Gasteiger partial charge in [0.25, 0.3) is 0 Å². The van der Waals surface area contributed by atoms with Crippen LogP contribution in [0.2, 0.25) is 0 Å². The summed E-state index contributed by atoms with van der Waals surface area (Å²) in [4.78, 5) is 0.319. The van der Waals surface area contributed by atoms with Crippen LogP contribution < -0.4 is 0 Å². The molecule has 1 saturated heterocycles. The molecule has 0 amide bonds. The van der Waals surface area contributed by atoms with Crippen molar-refractivity contribution in [2.75, 3.05) is 13.1 Å². The topological polar surface area (TPSA) is 83.9 Å². The number of nitrogens with one attached hydrogen (secondary N) is 1. The SMILES string of the molecule is Cc1n[nH]c(C)c1S(=O)(=O)N1CCC(n2cccn2)CC1. The summed E-state index contributed by atoms with van der Waals surface area (Å²) in [5.74, 6) is 0. The zero-order valence-corrected chi connectivity index (χ0v) is 13.0. The fourth-order valence-corrected chi connectivity index (χ4v) is 4.69. The van der Waals surface area contributed by atoms with Crippen LogP contribution in [0, 0.1) is 13.8 Å². The molecule has 21 heavy (non-hydrogen) atoms. The van der Waals surface area contributed by atoms with Crippen molar-refractivity contribution in [1.82, 2.24) is 24.3 Å². The van der Waals surface area contributed by atoms with Crippen LogP contribution in [-0.4, -0.2) is 45.8 Å². The fraction of sp³-hybridized carbons (Fsp3) is 0.538. The second kappa shape index (κ2) is 5.27. The number of H-pyrrole nitrogens is 1. The fourth-order valence-electron chi connectivity index (χ4n) is 2.89. The third-order valence-electron chi connectivity index (χ3n) is 3.98. The van der Waals surface area contributed by atoms with E-state index in [0.717, 1.165) is 12.8 Å². The molecule has 7 nitrogen and oxygen atoms in total. The maximum absolute atomic E-state index is 12.7. The van der Waals surface area contributed by atoms with Crippen LogP contribution >= 0.6 is 0 Å². The van der Waals surface area contributed by atoms with E-state index in [1.165, 1.54) is 0 Å². The van der Waals surface area contributed by atoms with Crippen molar-refractivity contribution in [2.45, 2.75) is 37.6 Å². The predicted molar refractivity (Wildman–Crippen MR) is 77.3 cm³/mol. The summed E-state index contributed by atoms with van der Waals surface area (Å²) in [6.07, 6.45) is 5.23. The Labute approximate surface area is 124 Å². The normalized spacial score (nSPS) is 18.2. The molecular weight excluding hydrogens is 290 g/mol. The highest BCUT2D eigenvalue weighted by Gasteiger charge is 2.33. The van der Waals surface area contributed by atoms with Gasteiger partial charge in [-0.3, -0.25) is 9.78 Å². The van der Waals surface area contributed by atoms with E-state index in [4.69, 9.17) is 0 Å². The molecular formula is C13H19N5O2S. The van der Waals surface area contributed by atoms with Crippen molar-refractivity contribution in [3.05, 3.63) is 29.8 Å². The quantitative estimate of drug-likeness (QED) is 0.925. The predicted octanol–water partition coefficient (Wildman–Crippen LogP) is 1.25. The van der Waals surface area contributed by atoms with Gasteiger partial charge in [0.05, 0.1) is 17.4 Å². The number of aromatic nitrogens is 4. The molecule has 1 aliphatic heterocycles. The number of aryl methyl sites for hydroxylation is 2. The Bertz CT molecular complexity index is 692. The Morgan fingerprint density at radius 2 is 2.00 bits per heavy atom. The molecule has 3 rings (SSSR count). The summed E-state index contributed by atoms with van der Waals surface area (Å²) in [5.41, 5.74) is 1.13. The summed E-state index contributed by atoms with van der Waals surface area (Å²) >= 11 is 0. The van der Waals surface area contributed by atoms with Crippen LogP contribution in [0.5, 0.6) is 0 Å². The lowest BCUT2D eigenvalue weighted by molar-refractivity contribution is 0.261. The summed E-state index contributed by atoms with van der Waals surface area (Å²) in [6.45, 7) is 4.48. The van der Waals surface area contributed by atoms with E-state index in [9.17, 15) is 8.42 Å². The molecule has 1 fully saturated rings. The summed E-state index contributed by atoms with van der Waals surface area (Å²) in [7, 11) is -3.46. The lowest BCUT2D eigenvalue weighted by atomic mass is 10.1. The Hall–Kier alpha value is -1.67. The van der Waals surface area contributed by atoms with Crippen LogP contribution in [0.4, 0.5) is 0 Å². The van der Waals surface area contributed by atoms with E-state index in [-0.39, 0.29) is 6.04 Å². The molecule has 1 aliphatic rings. The molecule has 0 aromatic carbocycles. The van der Waals surface area contributed by atoms with Gasteiger partial charge in [0, 0.05) is 25.5 Å². The highest BCUT2D eigenvalue weighted by Crippen LogP contribution is 2.28. The van der Waals surface area contributed by atoms with Gasteiger partial charge >= 0.3 is 0 Å². The van der Waals surface area contributed by atoms with Gasteiger partial charge in [-0.2, -0.15) is 14.5 Å². The first-order valence-corrected chi connectivity index (χ1v) is 8.45. The average Bonchev–Trinajstić information content (AvgIpc) is 3.09. The van der Waals surface area contributed by atoms with Gasteiger partial charge in [-0.1, -0.05) is 0 Å². The number of aromatic amines is 1. The maximum Gasteiger partial charge on any atom is 0.246 e. The molecule has 0 saturated carbocycles. The molecule has 0 spiro atoms. The van der Waals surface area contributed by atoms with Crippen LogP contribution in [-0.2, 0) is 10.0 Å². The number of nitrogens with zero attached hydrogens (tertiary/aromatic N) is 4. The monoisotopic (exact) mass is 309 g/mol. The van der Waals surface area contributed by atoms with Crippen molar-refractivity contribution in [1.29, 1.82) is 0 Å². The van der Waals surface area contributed by atoms with Crippen molar-refractivity contribution in [3.8, 4) is 0 Å². The van der Waals surface area contributed by atoms with Crippen LogP contribution in [0.25, 0.3) is 0 Å². The minimum Gasteiger partial charge on any atom is -0.281 e. The van der Waals surface area contributed by atoms with E-state index >= 15 is 0 Å². The molecule has 0 aliphatic carbocycles. The third-order valence-corrected chi connectivity index (χ3v) is 6.14. The minimum absolute atomic E-state index is 0.276. The van der Waals surface area contributed by atoms with Gasteiger partial charge in [-0.05, 0) is 32.8 Å². The van der Waals surface area contributed by atoms with Gasteiger partial charge in [0.15, 0.2) is 0 Å². The number of rotatable bonds is 3. The summed E-state index contributed by atoms with van der Waals surface area (Å²) in [6, 6.07) is 2.17. The molecule has 2 aromatic heterocycles. The Morgan fingerprint density at radius 1 is 1.29 bits per heavy atom. The number of sulfonamides is 1.